The van der Waals surface area contributed by atoms with Crippen molar-refractivity contribution < 1.29 is 14.7 Å². The zero-order chi connectivity index (χ0) is 13.8. The van der Waals surface area contributed by atoms with Gasteiger partial charge in [0.05, 0.1) is 6.54 Å². The Balaban J connectivity index is 1.97. The van der Waals surface area contributed by atoms with Crippen molar-refractivity contribution >= 4 is 12.0 Å². The first kappa shape index (κ1) is 13.7. The second kappa shape index (κ2) is 5.93. The Hall–Kier alpha value is -1.74. The van der Waals surface area contributed by atoms with Crippen LogP contribution in [0, 0.1) is 12.3 Å². The number of fused-ring (bicyclic) bond motifs is 1. The van der Waals surface area contributed by atoms with Gasteiger partial charge in [-0.1, -0.05) is 5.92 Å². The molecule has 0 aromatic rings. The van der Waals surface area contributed by atoms with Crippen LogP contribution in [-0.2, 0) is 4.79 Å². The summed E-state index contributed by atoms with van der Waals surface area (Å²) >= 11 is 0. The smallest absolute Gasteiger partial charge is 0.323 e. The van der Waals surface area contributed by atoms with Gasteiger partial charge >= 0.3 is 12.0 Å². The number of aliphatic carboxylic acids is 1. The second-order valence-electron chi connectivity index (χ2n) is 5.01. The van der Waals surface area contributed by atoms with Crippen LogP contribution >= 0.6 is 0 Å². The number of carboxylic acid groups (broad SMARTS) is 1. The molecule has 0 spiro atoms. The number of terminal acetylenes is 1. The fourth-order valence-corrected chi connectivity index (χ4v) is 2.83. The van der Waals surface area contributed by atoms with Gasteiger partial charge in [0, 0.05) is 25.7 Å². The molecule has 0 saturated carbocycles. The Morgan fingerprint density at radius 3 is 2.84 bits per heavy atom. The van der Waals surface area contributed by atoms with Crippen molar-refractivity contribution in [1.29, 1.82) is 0 Å². The standard InChI is InChI=1S/C13H19N3O3/c1-2-5-15(10-12(17)18)13(19)16-8-7-14-6-3-4-11(14)9-16/h1,11H,3-10H2,(H,17,18). The molecular formula is C13H19N3O3. The van der Waals surface area contributed by atoms with Crippen molar-refractivity contribution in [3.05, 3.63) is 0 Å². The van der Waals surface area contributed by atoms with Crippen LogP contribution in [0.4, 0.5) is 4.79 Å². The normalized spacial score (nSPS) is 22.7. The zero-order valence-corrected chi connectivity index (χ0v) is 10.9. The SMILES string of the molecule is C#CCN(CC(=O)O)C(=O)N1CCN2CCCC2C1. The molecule has 6 nitrogen and oxygen atoms in total. The molecular weight excluding hydrogens is 246 g/mol. The molecule has 2 saturated heterocycles. The lowest BCUT2D eigenvalue weighted by Gasteiger charge is -2.39. The maximum atomic E-state index is 12.3. The number of piperazine rings is 1. The van der Waals surface area contributed by atoms with Crippen LogP contribution in [0.25, 0.3) is 0 Å². The largest absolute Gasteiger partial charge is 0.480 e. The van der Waals surface area contributed by atoms with Crippen LogP contribution in [0.15, 0.2) is 0 Å². The van der Waals surface area contributed by atoms with Crippen LogP contribution < -0.4 is 0 Å². The molecule has 1 atom stereocenters. The molecule has 2 aliphatic rings. The molecule has 2 fully saturated rings. The number of rotatable bonds is 3. The summed E-state index contributed by atoms with van der Waals surface area (Å²) in [6.45, 7) is 3.00. The van der Waals surface area contributed by atoms with E-state index in [1.54, 1.807) is 4.90 Å². The lowest BCUT2D eigenvalue weighted by molar-refractivity contribution is -0.137. The summed E-state index contributed by atoms with van der Waals surface area (Å²) < 4.78 is 0. The quantitative estimate of drug-likeness (QED) is 0.724. The number of hydrogen-bond donors (Lipinski definition) is 1. The van der Waals surface area contributed by atoms with E-state index in [0.29, 0.717) is 19.1 Å². The number of hydrogen-bond acceptors (Lipinski definition) is 3. The summed E-state index contributed by atoms with van der Waals surface area (Å²) in [5, 5.41) is 8.82. The first-order chi connectivity index (χ1) is 9.11. The molecule has 1 N–H and O–H groups in total. The molecule has 0 bridgehead atoms. The van der Waals surface area contributed by atoms with Crippen LogP contribution in [0.5, 0.6) is 0 Å². The van der Waals surface area contributed by atoms with Crippen LogP contribution in [0.2, 0.25) is 0 Å². The van der Waals surface area contributed by atoms with E-state index in [0.717, 1.165) is 19.5 Å². The highest BCUT2D eigenvalue weighted by Gasteiger charge is 2.34. The fraction of sp³-hybridized carbons (Fsp3) is 0.692. The van der Waals surface area contributed by atoms with Gasteiger partial charge in [-0.15, -0.1) is 6.42 Å². The van der Waals surface area contributed by atoms with E-state index < -0.39 is 5.97 Å². The Bertz CT molecular complexity index is 404. The summed E-state index contributed by atoms with van der Waals surface area (Å²) in [6, 6.07) is 0.169. The monoisotopic (exact) mass is 265 g/mol. The van der Waals surface area contributed by atoms with Crippen molar-refractivity contribution in [2.75, 3.05) is 39.3 Å². The molecule has 0 aromatic carbocycles. The predicted molar refractivity (Wildman–Crippen MR) is 69.6 cm³/mol. The minimum atomic E-state index is -1.04. The van der Waals surface area contributed by atoms with Gasteiger partial charge in [-0.3, -0.25) is 9.69 Å². The van der Waals surface area contributed by atoms with E-state index >= 15 is 0 Å². The van der Waals surface area contributed by atoms with Gasteiger partial charge in [0.25, 0.3) is 0 Å². The molecule has 2 heterocycles. The summed E-state index contributed by atoms with van der Waals surface area (Å²) in [5.41, 5.74) is 0. The van der Waals surface area contributed by atoms with Crippen LogP contribution in [0.1, 0.15) is 12.8 Å². The number of amides is 2. The van der Waals surface area contributed by atoms with Crippen molar-refractivity contribution in [2.45, 2.75) is 18.9 Å². The third-order valence-corrected chi connectivity index (χ3v) is 3.74. The number of carbonyl (C=O) groups is 2. The highest BCUT2D eigenvalue weighted by molar-refractivity contribution is 5.80. The van der Waals surface area contributed by atoms with E-state index in [4.69, 9.17) is 11.5 Å². The Labute approximate surface area is 113 Å². The molecule has 2 amide bonds. The van der Waals surface area contributed by atoms with Gasteiger partial charge in [-0.05, 0) is 19.4 Å². The molecule has 1 unspecified atom stereocenters. The minimum Gasteiger partial charge on any atom is -0.480 e. The number of urea groups is 1. The summed E-state index contributed by atoms with van der Waals surface area (Å²) in [4.78, 5) is 28.4. The summed E-state index contributed by atoms with van der Waals surface area (Å²) in [7, 11) is 0. The van der Waals surface area contributed by atoms with Crippen molar-refractivity contribution in [3.8, 4) is 12.3 Å². The maximum absolute atomic E-state index is 12.3. The van der Waals surface area contributed by atoms with E-state index in [1.165, 1.54) is 11.3 Å². The van der Waals surface area contributed by atoms with Crippen LogP contribution in [-0.4, -0.2) is 77.1 Å². The zero-order valence-electron chi connectivity index (χ0n) is 10.9. The lowest BCUT2D eigenvalue weighted by atomic mass is 10.1. The van der Waals surface area contributed by atoms with Crippen LogP contribution in [0.3, 0.4) is 0 Å². The van der Waals surface area contributed by atoms with Crippen molar-refractivity contribution in [2.24, 2.45) is 0 Å². The Morgan fingerprint density at radius 1 is 1.37 bits per heavy atom. The molecule has 2 rings (SSSR count). The average molecular weight is 265 g/mol. The molecule has 0 radical (unpaired) electrons. The molecule has 19 heavy (non-hydrogen) atoms. The van der Waals surface area contributed by atoms with Gasteiger partial charge in [0.15, 0.2) is 0 Å². The highest BCUT2D eigenvalue weighted by Crippen LogP contribution is 2.22. The van der Waals surface area contributed by atoms with E-state index in [9.17, 15) is 9.59 Å². The van der Waals surface area contributed by atoms with Gasteiger partial charge in [0.2, 0.25) is 0 Å². The van der Waals surface area contributed by atoms with E-state index in [-0.39, 0.29) is 19.1 Å². The second-order valence-corrected chi connectivity index (χ2v) is 5.01. The van der Waals surface area contributed by atoms with Gasteiger partial charge < -0.3 is 14.9 Å². The molecule has 2 aliphatic heterocycles. The minimum absolute atomic E-state index is 0.0377. The number of carbonyl (C=O) groups excluding carboxylic acids is 1. The average Bonchev–Trinajstić information content (AvgIpc) is 2.84. The third kappa shape index (κ3) is 3.18. The van der Waals surface area contributed by atoms with E-state index in [1.807, 2.05) is 0 Å². The van der Waals surface area contributed by atoms with Gasteiger partial charge in [-0.25, -0.2) is 4.79 Å². The first-order valence-electron chi connectivity index (χ1n) is 6.55. The van der Waals surface area contributed by atoms with Crippen molar-refractivity contribution in [3.63, 3.8) is 0 Å². The summed E-state index contributed by atoms with van der Waals surface area (Å²) in [6.07, 6.45) is 7.48. The first-order valence-corrected chi connectivity index (χ1v) is 6.55. The lowest BCUT2D eigenvalue weighted by Crippen LogP contribution is -2.56. The number of carboxylic acids is 1. The maximum Gasteiger partial charge on any atom is 0.323 e. The Morgan fingerprint density at radius 2 is 2.16 bits per heavy atom. The Kier molecular flexibility index (Phi) is 4.27. The highest BCUT2D eigenvalue weighted by atomic mass is 16.4. The third-order valence-electron chi connectivity index (χ3n) is 3.74. The summed E-state index contributed by atoms with van der Waals surface area (Å²) in [5.74, 6) is 1.31. The van der Waals surface area contributed by atoms with E-state index in [2.05, 4.69) is 10.8 Å². The topological polar surface area (TPSA) is 64.1 Å². The molecule has 0 aromatic heterocycles. The predicted octanol–water partition coefficient (Wildman–Crippen LogP) is -0.0938. The van der Waals surface area contributed by atoms with Crippen molar-refractivity contribution in [1.82, 2.24) is 14.7 Å². The molecule has 104 valence electrons. The fourth-order valence-electron chi connectivity index (χ4n) is 2.83. The molecule has 6 heteroatoms. The number of nitrogens with zero attached hydrogens (tertiary/aromatic N) is 3. The van der Waals surface area contributed by atoms with Gasteiger partial charge in [0.1, 0.15) is 6.54 Å². The van der Waals surface area contributed by atoms with Gasteiger partial charge in [-0.2, -0.15) is 0 Å². The molecule has 0 aliphatic carbocycles.